The zero-order valence-electron chi connectivity index (χ0n) is 18.7. The van der Waals surface area contributed by atoms with E-state index < -0.39 is 5.97 Å². The van der Waals surface area contributed by atoms with Gasteiger partial charge >= 0.3 is 5.97 Å². The van der Waals surface area contributed by atoms with Gasteiger partial charge in [0, 0.05) is 18.3 Å². The molecule has 2 aromatic rings. The van der Waals surface area contributed by atoms with Gasteiger partial charge in [-0.3, -0.25) is 4.98 Å². The predicted molar refractivity (Wildman–Crippen MR) is 121 cm³/mol. The van der Waals surface area contributed by atoms with E-state index in [4.69, 9.17) is 5.11 Å². The summed E-state index contributed by atoms with van der Waals surface area (Å²) in [7, 11) is 0. The van der Waals surface area contributed by atoms with Crippen LogP contribution in [-0.4, -0.2) is 16.1 Å². The van der Waals surface area contributed by atoms with Crippen LogP contribution in [0.15, 0.2) is 48.2 Å². The average molecular weight is 404 g/mol. The van der Waals surface area contributed by atoms with Crippen LogP contribution in [-0.2, 0) is 17.3 Å². The van der Waals surface area contributed by atoms with E-state index in [1.807, 2.05) is 6.07 Å². The third kappa shape index (κ3) is 4.08. The van der Waals surface area contributed by atoms with Crippen molar-refractivity contribution in [2.24, 2.45) is 0 Å². The van der Waals surface area contributed by atoms with E-state index in [2.05, 4.69) is 57.0 Å². The second-order valence-corrected chi connectivity index (χ2v) is 10.4. The van der Waals surface area contributed by atoms with Crippen LogP contribution in [0.25, 0.3) is 0 Å². The Morgan fingerprint density at radius 3 is 2.50 bits per heavy atom. The minimum Gasteiger partial charge on any atom is -0.478 e. The molecule has 0 radical (unpaired) electrons. The number of fused-ring (bicyclic) bond motifs is 1. The quantitative estimate of drug-likeness (QED) is 0.588. The highest BCUT2D eigenvalue weighted by Crippen LogP contribution is 2.47. The Hall–Kier alpha value is -2.42. The number of carboxylic acids is 1. The fourth-order valence-corrected chi connectivity index (χ4v) is 5.13. The van der Waals surface area contributed by atoms with E-state index in [9.17, 15) is 4.79 Å². The minimum atomic E-state index is -0.928. The van der Waals surface area contributed by atoms with Crippen LogP contribution >= 0.6 is 0 Å². The summed E-state index contributed by atoms with van der Waals surface area (Å²) >= 11 is 0. The van der Waals surface area contributed by atoms with Gasteiger partial charge in [-0.2, -0.15) is 0 Å². The number of hydrogen-bond donors (Lipinski definition) is 1. The number of carboxylic acid groups (broad SMARTS) is 1. The number of nitrogens with zero attached hydrogens (tertiary/aromatic N) is 1. The highest BCUT2D eigenvalue weighted by molar-refractivity contribution is 5.87. The number of pyridine rings is 1. The summed E-state index contributed by atoms with van der Waals surface area (Å²) in [5.41, 5.74) is 7.77. The molecular formula is C27H33NO2. The van der Waals surface area contributed by atoms with E-state index in [1.165, 1.54) is 42.2 Å². The predicted octanol–water partition coefficient (Wildman–Crippen LogP) is 6.57. The first kappa shape index (κ1) is 20.8. The molecule has 1 aromatic carbocycles. The molecule has 1 aromatic heterocycles. The minimum absolute atomic E-state index is 0.242. The monoisotopic (exact) mass is 403 g/mol. The largest absolute Gasteiger partial charge is 0.478 e. The maximum Gasteiger partial charge on any atom is 0.337 e. The Bertz CT molecular complexity index is 982. The lowest BCUT2D eigenvalue weighted by molar-refractivity contribution is 0.0696. The number of allylic oxidation sites excluding steroid dienone is 2. The summed E-state index contributed by atoms with van der Waals surface area (Å²) < 4.78 is 0. The van der Waals surface area contributed by atoms with Crippen molar-refractivity contribution in [1.82, 2.24) is 4.98 Å². The molecule has 158 valence electrons. The number of benzene rings is 1. The van der Waals surface area contributed by atoms with Crippen LogP contribution in [0.2, 0.25) is 0 Å². The van der Waals surface area contributed by atoms with Crippen LogP contribution in [0.1, 0.15) is 98.5 Å². The van der Waals surface area contributed by atoms with Gasteiger partial charge in [-0.25, -0.2) is 4.79 Å². The lowest BCUT2D eigenvalue weighted by Crippen LogP contribution is -2.33. The molecular weight excluding hydrogens is 370 g/mol. The molecule has 1 saturated carbocycles. The fourth-order valence-electron chi connectivity index (χ4n) is 5.13. The van der Waals surface area contributed by atoms with Gasteiger partial charge in [-0.1, -0.05) is 57.5 Å². The second-order valence-electron chi connectivity index (χ2n) is 10.4. The van der Waals surface area contributed by atoms with Crippen LogP contribution in [0.5, 0.6) is 0 Å². The summed E-state index contributed by atoms with van der Waals surface area (Å²) in [6.45, 7) is 9.56. The maximum absolute atomic E-state index is 11.0. The zero-order chi connectivity index (χ0) is 21.5. The number of hydrogen-bond acceptors (Lipinski definition) is 2. The highest BCUT2D eigenvalue weighted by atomic mass is 16.4. The van der Waals surface area contributed by atoms with Gasteiger partial charge in [0.05, 0.1) is 5.56 Å². The van der Waals surface area contributed by atoms with Crippen molar-refractivity contribution in [1.29, 1.82) is 0 Å². The average Bonchev–Trinajstić information content (AvgIpc) is 3.19. The molecule has 30 heavy (non-hydrogen) atoms. The zero-order valence-corrected chi connectivity index (χ0v) is 18.7. The molecule has 2 aliphatic carbocycles. The van der Waals surface area contributed by atoms with E-state index in [1.54, 1.807) is 11.6 Å². The standard InChI is InChI=1S/C27H33NO2/c1-26(2)13-14-27(3,4)24-16-20(9-12-23(24)26)19-7-5-18(15-19)6-10-22-11-8-21(17-28-22)25(29)30/h6,8-9,11-12,16-17,19H,5,7,10,13-15H2,1-4H3,(H,29,30)/b18-6+. The van der Waals surface area contributed by atoms with Gasteiger partial charge in [0.25, 0.3) is 0 Å². The lowest BCUT2D eigenvalue weighted by Gasteiger charge is -2.42. The van der Waals surface area contributed by atoms with Crippen LogP contribution < -0.4 is 0 Å². The molecule has 2 aliphatic rings. The van der Waals surface area contributed by atoms with Gasteiger partial charge < -0.3 is 5.11 Å². The topological polar surface area (TPSA) is 50.2 Å². The SMILES string of the molecule is CC1(C)CCC(C)(C)c2cc(C3CC/C(=C\Cc4ccc(C(=O)O)cn4)C3)ccc21. The van der Waals surface area contributed by atoms with Gasteiger partial charge in [-0.05, 0) is 77.7 Å². The number of aromatic nitrogens is 1. The van der Waals surface area contributed by atoms with Crippen LogP contribution in [0.4, 0.5) is 0 Å². The van der Waals surface area contributed by atoms with Crippen molar-refractivity contribution >= 4 is 5.97 Å². The van der Waals surface area contributed by atoms with E-state index in [-0.39, 0.29) is 16.4 Å². The normalized spacial score (nSPS) is 23.3. The van der Waals surface area contributed by atoms with Crippen molar-refractivity contribution in [2.45, 2.75) is 83.0 Å². The number of rotatable bonds is 4. The van der Waals surface area contributed by atoms with Gasteiger partial charge in [0.2, 0.25) is 0 Å². The lowest BCUT2D eigenvalue weighted by atomic mass is 9.62. The fraction of sp³-hybridized carbons (Fsp3) is 0.481. The molecule has 3 nitrogen and oxygen atoms in total. The second kappa shape index (κ2) is 7.68. The third-order valence-corrected chi connectivity index (χ3v) is 7.34. The molecule has 1 unspecified atom stereocenters. The molecule has 0 saturated heterocycles. The third-order valence-electron chi connectivity index (χ3n) is 7.34. The van der Waals surface area contributed by atoms with E-state index >= 15 is 0 Å². The molecule has 1 atom stereocenters. The van der Waals surface area contributed by atoms with E-state index in [0.717, 1.165) is 25.0 Å². The van der Waals surface area contributed by atoms with Gasteiger partial charge in [-0.15, -0.1) is 0 Å². The van der Waals surface area contributed by atoms with Crippen LogP contribution in [0.3, 0.4) is 0 Å². The Labute approximate surface area is 180 Å². The summed E-state index contributed by atoms with van der Waals surface area (Å²) in [6, 6.07) is 10.7. The van der Waals surface area contributed by atoms with Crippen molar-refractivity contribution in [3.8, 4) is 0 Å². The molecule has 1 heterocycles. The van der Waals surface area contributed by atoms with Crippen molar-refractivity contribution in [2.75, 3.05) is 0 Å². The Balaban J connectivity index is 1.48. The molecule has 0 spiro atoms. The first-order valence-electron chi connectivity index (χ1n) is 11.2. The van der Waals surface area contributed by atoms with Crippen LogP contribution in [0, 0.1) is 0 Å². The van der Waals surface area contributed by atoms with Crippen molar-refractivity contribution < 1.29 is 9.90 Å². The molecule has 0 bridgehead atoms. The number of aromatic carboxylic acids is 1. The van der Waals surface area contributed by atoms with Gasteiger partial charge in [0.15, 0.2) is 0 Å². The Morgan fingerprint density at radius 1 is 1.10 bits per heavy atom. The molecule has 1 fully saturated rings. The maximum atomic E-state index is 11.0. The first-order valence-corrected chi connectivity index (χ1v) is 11.2. The highest BCUT2D eigenvalue weighted by Gasteiger charge is 2.37. The Kier molecular flexibility index (Phi) is 5.34. The first-order chi connectivity index (χ1) is 14.2. The summed E-state index contributed by atoms with van der Waals surface area (Å²) in [6.07, 6.45) is 10.5. The molecule has 0 amide bonds. The van der Waals surface area contributed by atoms with Crippen molar-refractivity contribution in [3.05, 3.63) is 76.1 Å². The van der Waals surface area contributed by atoms with E-state index in [0.29, 0.717) is 5.92 Å². The molecule has 3 heteroatoms. The smallest absolute Gasteiger partial charge is 0.337 e. The van der Waals surface area contributed by atoms with Crippen molar-refractivity contribution in [3.63, 3.8) is 0 Å². The molecule has 4 rings (SSSR count). The molecule has 1 N–H and O–H groups in total. The van der Waals surface area contributed by atoms with Gasteiger partial charge in [0.1, 0.15) is 0 Å². The summed E-state index contributed by atoms with van der Waals surface area (Å²) in [5.74, 6) is -0.326. The summed E-state index contributed by atoms with van der Waals surface area (Å²) in [5, 5.41) is 9.00. The summed E-state index contributed by atoms with van der Waals surface area (Å²) in [4.78, 5) is 15.3. The molecule has 0 aliphatic heterocycles. The Morgan fingerprint density at radius 2 is 1.83 bits per heavy atom. The number of carbonyl (C=O) groups is 1.